The van der Waals surface area contributed by atoms with Crippen molar-refractivity contribution >= 4 is 11.8 Å². The summed E-state index contributed by atoms with van der Waals surface area (Å²) in [5.74, 6) is 0.370. The Bertz CT molecular complexity index is 566. The minimum atomic E-state index is 0.0371. The summed E-state index contributed by atoms with van der Waals surface area (Å²) in [4.78, 5) is 26.6. The third-order valence-electron chi connectivity index (χ3n) is 5.01. The highest BCUT2D eigenvalue weighted by Gasteiger charge is 2.26. The van der Waals surface area contributed by atoms with E-state index in [1.807, 2.05) is 36.9 Å². The first kappa shape index (κ1) is 21.4. The Kier molecular flexibility index (Phi) is 9.32. The van der Waals surface area contributed by atoms with Gasteiger partial charge in [-0.05, 0) is 51.5 Å². The molecule has 0 unspecified atom stereocenters. The van der Waals surface area contributed by atoms with Gasteiger partial charge in [-0.1, -0.05) is 30.3 Å². The van der Waals surface area contributed by atoms with Crippen LogP contribution in [-0.2, 0) is 20.7 Å². The summed E-state index contributed by atoms with van der Waals surface area (Å²) in [6.45, 7) is 6.89. The van der Waals surface area contributed by atoms with E-state index >= 15 is 0 Å². The van der Waals surface area contributed by atoms with Crippen LogP contribution in [0.4, 0.5) is 0 Å². The number of hydrogen-bond acceptors (Lipinski definition) is 3. The molecule has 0 aromatic heterocycles. The van der Waals surface area contributed by atoms with Gasteiger partial charge in [0.25, 0.3) is 0 Å². The van der Waals surface area contributed by atoms with Gasteiger partial charge in [-0.25, -0.2) is 0 Å². The minimum Gasteiger partial charge on any atom is -0.379 e. The average molecular weight is 375 g/mol. The highest BCUT2D eigenvalue weighted by Crippen LogP contribution is 2.18. The van der Waals surface area contributed by atoms with Crippen molar-refractivity contribution in [1.82, 2.24) is 10.2 Å². The predicted molar refractivity (Wildman–Crippen MR) is 107 cm³/mol. The Morgan fingerprint density at radius 3 is 2.52 bits per heavy atom. The van der Waals surface area contributed by atoms with E-state index in [1.54, 1.807) is 0 Å². The molecule has 0 radical (unpaired) electrons. The molecule has 1 saturated heterocycles. The largest absolute Gasteiger partial charge is 0.379 e. The van der Waals surface area contributed by atoms with Crippen LogP contribution in [0.2, 0.25) is 0 Å². The molecule has 0 saturated carbocycles. The van der Waals surface area contributed by atoms with E-state index in [-0.39, 0.29) is 23.8 Å². The van der Waals surface area contributed by atoms with E-state index in [2.05, 4.69) is 17.4 Å². The number of carbonyl (C=O) groups is 2. The van der Waals surface area contributed by atoms with E-state index < -0.39 is 0 Å². The standard InChI is InChI=1S/C22H34N2O3/c1-18(2)27-17-7-6-14-23-22(26)20-12-15-24(16-13-20)21(25)11-10-19-8-4-3-5-9-19/h3-5,8-9,18,20H,6-7,10-17H2,1-2H3,(H,23,26). The lowest BCUT2D eigenvalue weighted by atomic mass is 9.95. The summed E-state index contributed by atoms with van der Waals surface area (Å²) < 4.78 is 5.50. The topological polar surface area (TPSA) is 58.6 Å². The number of piperidine rings is 1. The first-order valence-electron chi connectivity index (χ1n) is 10.3. The molecular weight excluding hydrogens is 340 g/mol. The Hall–Kier alpha value is -1.88. The van der Waals surface area contributed by atoms with Crippen molar-refractivity contribution in [3.05, 3.63) is 35.9 Å². The van der Waals surface area contributed by atoms with Crippen LogP contribution in [0.25, 0.3) is 0 Å². The zero-order valence-corrected chi connectivity index (χ0v) is 16.8. The quantitative estimate of drug-likeness (QED) is 0.640. The summed E-state index contributed by atoms with van der Waals surface area (Å²) in [5, 5.41) is 3.03. The molecule has 2 rings (SSSR count). The molecule has 1 N–H and O–H groups in total. The van der Waals surface area contributed by atoms with Gasteiger partial charge < -0.3 is 15.0 Å². The molecule has 1 aromatic rings. The number of amides is 2. The van der Waals surface area contributed by atoms with E-state index in [4.69, 9.17) is 4.74 Å². The number of rotatable bonds is 10. The fraction of sp³-hybridized carbons (Fsp3) is 0.636. The minimum absolute atomic E-state index is 0.0371. The second kappa shape index (κ2) is 11.8. The monoisotopic (exact) mass is 374 g/mol. The third kappa shape index (κ3) is 8.12. The van der Waals surface area contributed by atoms with Gasteiger partial charge in [-0.3, -0.25) is 9.59 Å². The lowest BCUT2D eigenvalue weighted by molar-refractivity contribution is -0.135. The number of likely N-dealkylation sites (tertiary alicyclic amines) is 1. The number of hydrogen-bond donors (Lipinski definition) is 1. The molecule has 1 heterocycles. The molecule has 5 heteroatoms. The number of aryl methyl sites for hydroxylation is 1. The highest BCUT2D eigenvalue weighted by atomic mass is 16.5. The van der Waals surface area contributed by atoms with E-state index in [0.29, 0.717) is 26.1 Å². The molecule has 150 valence electrons. The SMILES string of the molecule is CC(C)OCCCCNC(=O)C1CCN(C(=O)CCc2ccccc2)CC1. The second-order valence-electron chi connectivity index (χ2n) is 7.56. The highest BCUT2D eigenvalue weighted by molar-refractivity contribution is 5.80. The maximum absolute atomic E-state index is 12.4. The van der Waals surface area contributed by atoms with E-state index in [9.17, 15) is 9.59 Å². The molecule has 5 nitrogen and oxygen atoms in total. The first-order chi connectivity index (χ1) is 13.1. The Labute approximate surface area is 163 Å². The molecule has 1 aliphatic rings. The lowest BCUT2D eigenvalue weighted by Gasteiger charge is -2.31. The van der Waals surface area contributed by atoms with Gasteiger partial charge in [0.05, 0.1) is 6.10 Å². The first-order valence-corrected chi connectivity index (χ1v) is 10.3. The van der Waals surface area contributed by atoms with Gasteiger partial charge in [-0.2, -0.15) is 0 Å². The van der Waals surface area contributed by atoms with Crippen molar-refractivity contribution in [3.63, 3.8) is 0 Å². The summed E-state index contributed by atoms with van der Waals surface area (Å²) >= 11 is 0. The number of unbranched alkanes of at least 4 members (excludes halogenated alkanes) is 1. The molecular formula is C22H34N2O3. The van der Waals surface area contributed by atoms with Crippen molar-refractivity contribution in [2.75, 3.05) is 26.2 Å². The molecule has 0 aliphatic carbocycles. The summed E-state index contributed by atoms with van der Waals surface area (Å²) in [5.41, 5.74) is 1.19. The summed E-state index contributed by atoms with van der Waals surface area (Å²) in [6.07, 6.45) is 5.01. The molecule has 27 heavy (non-hydrogen) atoms. The Morgan fingerprint density at radius 1 is 1.15 bits per heavy atom. The lowest BCUT2D eigenvalue weighted by Crippen LogP contribution is -2.43. The van der Waals surface area contributed by atoms with Gasteiger partial charge >= 0.3 is 0 Å². The number of nitrogens with zero attached hydrogens (tertiary/aromatic N) is 1. The van der Waals surface area contributed by atoms with Gasteiger partial charge in [0.15, 0.2) is 0 Å². The smallest absolute Gasteiger partial charge is 0.223 e. The van der Waals surface area contributed by atoms with Crippen molar-refractivity contribution in [2.45, 2.75) is 58.5 Å². The van der Waals surface area contributed by atoms with Gasteiger partial charge in [0, 0.05) is 38.6 Å². The second-order valence-corrected chi connectivity index (χ2v) is 7.56. The Balaban J connectivity index is 1.58. The number of ether oxygens (including phenoxy) is 1. The van der Waals surface area contributed by atoms with E-state index in [0.717, 1.165) is 38.7 Å². The van der Waals surface area contributed by atoms with Gasteiger partial charge in [0.1, 0.15) is 0 Å². The number of carbonyl (C=O) groups excluding carboxylic acids is 2. The molecule has 1 aliphatic heterocycles. The van der Waals surface area contributed by atoms with E-state index in [1.165, 1.54) is 5.56 Å². The summed E-state index contributed by atoms with van der Waals surface area (Å²) in [6, 6.07) is 10.1. The van der Waals surface area contributed by atoms with Gasteiger partial charge in [-0.15, -0.1) is 0 Å². The molecule has 0 atom stereocenters. The molecule has 2 amide bonds. The fourth-order valence-corrected chi connectivity index (χ4v) is 3.35. The van der Waals surface area contributed by atoms with Crippen LogP contribution >= 0.6 is 0 Å². The maximum atomic E-state index is 12.4. The van der Waals surface area contributed by atoms with Crippen LogP contribution in [0, 0.1) is 5.92 Å². The van der Waals surface area contributed by atoms with Crippen molar-refractivity contribution < 1.29 is 14.3 Å². The summed E-state index contributed by atoms with van der Waals surface area (Å²) in [7, 11) is 0. The molecule has 1 fully saturated rings. The third-order valence-corrected chi connectivity index (χ3v) is 5.01. The van der Waals surface area contributed by atoms with Crippen molar-refractivity contribution in [3.8, 4) is 0 Å². The zero-order valence-electron chi connectivity index (χ0n) is 16.8. The number of nitrogens with one attached hydrogen (secondary N) is 1. The number of benzene rings is 1. The van der Waals surface area contributed by atoms with Crippen LogP contribution in [0.15, 0.2) is 30.3 Å². The molecule has 1 aromatic carbocycles. The van der Waals surface area contributed by atoms with Crippen LogP contribution in [0.3, 0.4) is 0 Å². The van der Waals surface area contributed by atoms with Crippen molar-refractivity contribution in [2.24, 2.45) is 5.92 Å². The van der Waals surface area contributed by atoms with Crippen LogP contribution in [0.5, 0.6) is 0 Å². The fourth-order valence-electron chi connectivity index (χ4n) is 3.35. The maximum Gasteiger partial charge on any atom is 0.223 e. The zero-order chi connectivity index (χ0) is 19.5. The normalized spacial score (nSPS) is 15.1. The average Bonchev–Trinajstić information content (AvgIpc) is 2.69. The predicted octanol–water partition coefficient (Wildman–Crippen LogP) is 3.18. The molecule has 0 spiro atoms. The Morgan fingerprint density at radius 2 is 1.85 bits per heavy atom. The van der Waals surface area contributed by atoms with Crippen molar-refractivity contribution in [1.29, 1.82) is 0 Å². The molecule has 0 bridgehead atoms. The van der Waals surface area contributed by atoms with Gasteiger partial charge in [0.2, 0.25) is 11.8 Å². The van der Waals surface area contributed by atoms with Crippen LogP contribution in [0.1, 0.15) is 51.5 Å². The van der Waals surface area contributed by atoms with Crippen LogP contribution in [-0.4, -0.2) is 49.1 Å². The van der Waals surface area contributed by atoms with Crippen LogP contribution < -0.4 is 5.32 Å².